The van der Waals surface area contributed by atoms with Crippen molar-refractivity contribution in [2.75, 3.05) is 11.9 Å². The molecule has 0 unspecified atom stereocenters. The van der Waals surface area contributed by atoms with Gasteiger partial charge in [-0.1, -0.05) is 25.5 Å². The Morgan fingerprint density at radius 3 is 2.74 bits per heavy atom. The molecule has 0 aliphatic carbocycles. The molecule has 0 aliphatic rings. The van der Waals surface area contributed by atoms with Crippen LogP contribution in [0.2, 0.25) is 0 Å². The molecule has 0 radical (unpaired) electrons. The summed E-state index contributed by atoms with van der Waals surface area (Å²) in [5, 5.41) is 10.5. The van der Waals surface area contributed by atoms with E-state index in [0.29, 0.717) is 29.2 Å². The van der Waals surface area contributed by atoms with Gasteiger partial charge in [-0.05, 0) is 48.9 Å². The molecule has 8 heteroatoms. The molecule has 7 nitrogen and oxygen atoms in total. The summed E-state index contributed by atoms with van der Waals surface area (Å²) in [6.45, 7) is 2.55. The van der Waals surface area contributed by atoms with Crippen LogP contribution in [0.3, 0.4) is 0 Å². The largest absolute Gasteiger partial charge is 0.493 e. The highest BCUT2D eigenvalue weighted by Gasteiger charge is 2.17. The predicted octanol–water partition coefficient (Wildman–Crippen LogP) is 5.57. The van der Waals surface area contributed by atoms with Gasteiger partial charge in [0, 0.05) is 5.56 Å². The first-order chi connectivity index (χ1) is 15.2. The molecule has 0 atom stereocenters. The monoisotopic (exact) mass is 421 g/mol. The Hall–Kier alpha value is -3.94. The minimum absolute atomic E-state index is 0.0105. The van der Waals surface area contributed by atoms with Crippen LogP contribution in [-0.2, 0) is 0 Å². The van der Waals surface area contributed by atoms with Crippen molar-refractivity contribution in [1.29, 1.82) is 0 Å². The van der Waals surface area contributed by atoms with Crippen LogP contribution in [0.1, 0.15) is 30.1 Å². The van der Waals surface area contributed by atoms with Crippen LogP contribution in [0.25, 0.3) is 23.1 Å². The number of nitrogens with one attached hydrogen (secondary N) is 1. The Kier molecular flexibility index (Phi) is 6.07. The maximum atomic E-state index is 14.4. The second-order valence-corrected chi connectivity index (χ2v) is 6.74. The summed E-state index contributed by atoms with van der Waals surface area (Å²) < 4.78 is 30.9. The summed E-state index contributed by atoms with van der Waals surface area (Å²) in [6.07, 6.45) is 3.34. The number of anilines is 1. The van der Waals surface area contributed by atoms with Gasteiger partial charge in [0.2, 0.25) is 5.89 Å². The number of ether oxygens (including phenoxy) is 1. The van der Waals surface area contributed by atoms with E-state index in [1.807, 2.05) is 0 Å². The molecule has 2 aromatic carbocycles. The molecule has 2 heterocycles. The number of halogens is 1. The highest BCUT2D eigenvalue weighted by molar-refractivity contribution is 6.06. The van der Waals surface area contributed by atoms with Crippen molar-refractivity contribution >= 4 is 11.6 Å². The Morgan fingerprint density at radius 2 is 1.94 bits per heavy atom. The van der Waals surface area contributed by atoms with Gasteiger partial charge in [-0.3, -0.25) is 4.79 Å². The van der Waals surface area contributed by atoms with Crippen LogP contribution in [0, 0.1) is 5.82 Å². The lowest BCUT2D eigenvalue weighted by molar-refractivity contribution is 0.102. The van der Waals surface area contributed by atoms with E-state index in [0.717, 1.165) is 12.8 Å². The molecule has 0 spiro atoms. The van der Waals surface area contributed by atoms with Crippen molar-refractivity contribution in [2.45, 2.75) is 19.8 Å². The van der Waals surface area contributed by atoms with E-state index in [9.17, 15) is 9.18 Å². The summed E-state index contributed by atoms with van der Waals surface area (Å²) >= 11 is 0. The SMILES string of the molecule is CCCCOc1ccccc1C(=O)Nc1cc(-c2nnc(-c3ccco3)o2)ccc1F. The second kappa shape index (κ2) is 9.25. The highest BCUT2D eigenvalue weighted by atomic mass is 19.1. The number of para-hydroxylation sites is 1. The molecular weight excluding hydrogens is 401 g/mol. The molecule has 2 aromatic heterocycles. The van der Waals surface area contributed by atoms with Crippen LogP contribution >= 0.6 is 0 Å². The van der Waals surface area contributed by atoms with Crippen molar-refractivity contribution in [3.05, 3.63) is 72.2 Å². The first-order valence-electron chi connectivity index (χ1n) is 9.86. The van der Waals surface area contributed by atoms with Crippen molar-refractivity contribution in [3.8, 4) is 28.9 Å². The number of unbranched alkanes of at least 4 members (excludes halogenated alkanes) is 1. The number of carbonyl (C=O) groups is 1. The van der Waals surface area contributed by atoms with E-state index < -0.39 is 11.7 Å². The maximum Gasteiger partial charge on any atom is 0.283 e. The topological polar surface area (TPSA) is 90.4 Å². The summed E-state index contributed by atoms with van der Waals surface area (Å²) in [7, 11) is 0. The molecule has 0 aliphatic heterocycles. The first kappa shape index (κ1) is 20.3. The number of furan rings is 1. The molecule has 31 heavy (non-hydrogen) atoms. The lowest BCUT2D eigenvalue weighted by atomic mass is 10.1. The van der Waals surface area contributed by atoms with Crippen LogP contribution in [0.4, 0.5) is 10.1 Å². The quantitative estimate of drug-likeness (QED) is 0.374. The lowest BCUT2D eigenvalue weighted by Gasteiger charge is -2.12. The minimum Gasteiger partial charge on any atom is -0.493 e. The number of aromatic nitrogens is 2. The van der Waals surface area contributed by atoms with Gasteiger partial charge >= 0.3 is 0 Å². The zero-order valence-electron chi connectivity index (χ0n) is 16.8. The number of amides is 1. The standard InChI is InChI=1S/C23H20FN3O4/c1-2-3-12-29-19-8-5-4-7-16(19)21(28)25-18-14-15(10-11-17(18)24)22-26-27-23(31-22)20-9-6-13-30-20/h4-11,13-14H,2-3,12H2,1H3,(H,25,28). The van der Waals surface area contributed by atoms with E-state index in [-0.39, 0.29) is 17.5 Å². The molecule has 0 saturated carbocycles. The molecule has 0 bridgehead atoms. The number of hydrogen-bond acceptors (Lipinski definition) is 6. The Morgan fingerprint density at radius 1 is 1.10 bits per heavy atom. The number of hydrogen-bond donors (Lipinski definition) is 1. The number of rotatable bonds is 8. The average Bonchev–Trinajstić information content (AvgIpc) is 3.48. The van der Waals surface area contributed by atoms with Crippen molar-refractivity contribution in [2.24, 2.45) is 0 Å². The fraction of sp³-hybridized carbons (Fsp3) is 0.174. The Labute approximate surface area is 177 Å². The van der Waals surface area contributed by atoms with Crippen LogP contribution < -0.4 is 10.1 Å². The van der Waals surface area contributed by atoms with Gasteiger partial charge in [0.25, 0.3) is 11.8 Å². The average molecular weight is 421 g/mol. The molecule has 0 saturated heterocycles. The van der Waals surface area contributed by atoms with Crippen molar-refractivity contribution in [1.82, 2.24) is 10.2 Å². The van der Waals surface area contributed by atoms with Gasteiger partial charge in [0.05, 0.1) is 24.1 Å². The van der Waals surface area contributed by atoms with Crippen molar-refractivity contribution in [3.63, 3.8) is 0 Å². The molecule has 4 rings (SSSR count). The lowest BCUT2D eigenvalue weighted by Crippen LogP contribution is -2.15. The molecule has 0 fully saturated rings. The molecule has 158 valence electrons. The van der Waals surface area contributed by atoms with Gasteiger partial charge in [0.1, 0.15) is 11.6 Å². The van der Waals surface area contributed by atoms with Gasteiger partial charge in [0.15, 0.2) is 5.76 Å². The van der Waals surface area contributed by atoms with Crippen molar-refractivity contribution < 1.29 is 22.8 Å². The molecular formula is C23H20FN3O4. The van der Waals surface area contributed by atoms with E-state index >= 15 is 0 Å². The smallest absolute Gasteiger partial charge is 0.283 e. The third-order valence-electron chi connectivity index (χ3n) is 4.51. The summed E-state index contributed by atoms with van der Waals surface area (Å²) in [4.78, 5) is 12.8. The van der Waals surface area contributed by atoms with E-state index in [1.54, 1.807) is 36.4 Å². The zero-order chi connectivity index (χ0) is 21.6. The predicted molar refractivity (Wildman–Crippen MR) is 112 cm³/mol. The third kappa shape index (κ3) is 4.63. The second-order valence-electron chi connectivity index (χ2n) is 6.74. The van der Waals surface area contributed by atoms with Gasteiger partial charge < -0.3 is 18.9 Å². The normalized spacial score (nSPS) is 10.8. The number of carbonyl (C=O) groups excluding carboxylic acids is 1. The first-order valence-corrected chi connectivity index (χ1v) is 9.86. The van der Waals surface area contributed by atoms with Crippen LogP contribution in [-0.4, -0.2) is 22.7 Å². The Bertz CT molecular complexity index is 1170. The number of benzene rings is 2. The van der Waals surface area contributed by atoms with E-state index in [1.165, 1.54) is 24.5 Å². The fourth-order valence-corrected chi connectivity index (χ4v) is 2.89. The highest BCUT2D eigenvalue weighted by Crippen LogP contribution is 2.28. The summed E-state index contributed by atoms with van der Waals surface area (Å²) in [5.41, 5.74) is 0.763. The summed E-state index contributed by atoms with van der Waals surface area (Å²) in [5.74, 6) is 0.176. The molecule has 1 N–H and O–H groups in total. The zero-order valence-corrected chi connectivity index (χ0v) is 16.8. The van der Waals surface area contributed by atoms with Gasteiger partial charge in [-0.2, -0.15) is 0 Å². The van der Waals surface area contributed by atoms with Gasteiger partial charge in [-0.15, -0.1) is 10.2 Å². The minimum atomic E-state index is -0.591. The van der Waals surface area contributed by atoms with Gasteiger partial charge in [-0.25, -0.2) is 4.39 Å². The van der Waals surface area contributed by atoms with E-state index in [2.05, 4.69) is 22.4 Å². The third-order valence-corrected chi connectivity index (χ3v) is 4.51. The Balaban J connectivity index is 1.55. The van der Waals surface area contributed by atoms with Crippen LogP contribution in [0.15, 0.2) is 69.7 Å². The number of nitrogens with zero attached hydrogens (tertiary/aromatic N) is 2. The molecule has 1 amide bonds. The maximum absolute atomic E-state index is 14.4. The summed E-state index contributed by atoms with van der Waals surface area (Å²) in [6, 6.07) is 14.4. The van der Waals surface area contributed by atoms with Crippen LogP contribution in [0.5, 0.6) is 5.75 Å². The van der Waals surface area contributed by atoms with E-state index in [4.69, 9.17) is 13.6 Å². The fourth-order valence-electron chi connectivity index (χ4n) is 2.89. The molecule has 4 aromatic rings.